The first kappa shape index (κ1) is 14.6. The lowest BCUT2D eigenvalue weighted by Gasteiger charge is -2.18. The molecule has 2 heteroatoms. The largest absolute Gasteiger partial charge is 0.461 e. The summed E-state index contributed by atoms with van der Waals surface area (Å²) in [7, 11) is 1.66. The monoisotopic (exact) mass is 270 g/mol. The van der Waals surface area contributed by atoms with E-state index in [-0.39, 0.29) is 6.29 Å². The normalized spacial score (nSPS) is 13.8. The van der Waals surface area contributed by atoms with Crippen molar-refractivity contribution in [2.24, 2.45) is 0 Å². The Balaban J connectivity index is 2.08. The van der Waals surface area contributed by atoms with Gasteiger partial charge in [-0.1, -0.05) is 56.3 Å². The standard InChI is InChI=1S/C18H22O2/c1-4-14(2)15-10-12-17(13-11-15)20-18(19-3)16-8-6-5-7-9-16/h5-14,18H,4H2,1-3H3. The molecule has 0 aliphatic heterocycles. The van der Waals surface area contributed by atoms with E-state index in [2.05, 4.69) is 26.0 Å². The highest BCUT2D eigenvalue weighted by Crippen LogP contribution is 2.25. The van der Waals surface area contributed by atoms with Crippen LogP contribution in [0.1, 0.15) is 43.6 Å². The van der Waals surface area contributed by atoms with Gasteiger partial charge >= 0.3 is 0 Å². The number of hydrogen-bond donors (Lipinski definition) is 0. The molecule has 0 heterocycles. The second kappa shape index (κ2) is 7.11. The molecule has 2 aromatic carbocycles. The minimum Gasteiger partial charge on any atom is -0.461 e. The van der Waals surface area contributed by atoms with Crippen LogP contribution < -0.4 is 4.74 Å². The molecule has 0 aliphatic rings. The maximum atomic E-state index is 5.90. The molecular formula is C18H22O2. The van der Waals surface area contributed by atoms with Crippen molar-refractivity contribution in [1.82, 2.24) is 0 Å². The molecule has 2 unspecified atom stereocenters. The fourth-order valence-electron chi connectivity index (χ4n) is 2.10. The van der Waals surface area contributed by atoms with E-state index >= 15 is 0 Å². The minimum atomic E-state index is -0.370. The topological polar surface area (TPSA) is 18.5 Å². The summed E-state index contributed by atoms with van der Waals surface area (Å²) in [5.74, 6) is 1.41. The molecule has 20 heavy (non-hydrogen) atoms. The Morgan fingerprint density at radius 1 is 0.900 bits per heavy atom. The van der Waals surface area contributed by atoms with Crippen LogP contribution in [-0.4, -0.2) is 7.11 Å². The third-order valence-corrected chi connectivity index (χ3v) is 3.59. The van der Waals surface area contributed by atoms with Crippen LogP contribution in [0, 0.1) is 0 Å². The van der Waals surface area contributed by atoms with Gasteiger partial charge < -0.3 is 9.47 Å². The van der Waals surface area contributed by atoms with Crippen molar-refractivity contribution < 1.29 is 9.47 Å². The van der Waals surface area contributed by atoms with Crippen molar-refractivity contribution in [1.29, 1.82) is 0 Å². The molecule has 0 saturated carbocycles. The summed E-state index contributed by atoms with van der Waals surface area (Å²) >= 11 is 0. The van der Waals surface area contributed by atoms with Crippen LogP contribution in [0.5, 0.6) is 5.75 Å². The Morgan fingerprint density at radius 2 is 1.55 bits per heavy atom. The van der Waals surface area contributed by atoms with Gasteiger partial charge in [0.2, 0.25) is 6.29 Å². The van der Waals surface area contributed by atoms with Gasteiger partial charge in [-0.05, 0) is 30.0 Å². The number of benzene rings is 2. The highest BCUT2D eigenvalue weighted by molar-refractivity contribution is 5.30. The summed E-state index contributed by atoms with van der Waals surface area (Å²) in [4.78, 5) is 0. The molecule has 0 radical (unpaired) electrons. The molecule has 0 fully saturated rings. The highest BCUT2D eigenvalue weighted by atomic mass is 16.7. The summed E-state index contributed by atoms with van der Waals surface area (Å²) < 4.78 is 11.3. The molecule has 106 valence electrons. The Kier molecular flexibility index (Phi) is 5.19. The van der Waals surface area contributed by atoms with Crippen LogP contribution in [-0.2, 0) is 4.74 Å². The predicted octanol–water partition coefficient (Wildman–Crippen LogP) is 4.92. The molecule has 0 saturated heterocycles. The lowest BCUT2D eigenvalue weighted by molar-refractivity contribution is -0.0562. The first-order valence-corrected chi connectivity index (χ1v) is 7.09. The van der Waals surface area contributed by atoms with Crippen molar-refractivity contribution in [3.8, 4) is 5.75 Å². The number of rotatable bonds is 6. The van der Waals surface area contributed by atoms with Crippen molar-refractivity contribution in [3.05, 3.63) is 65.7 Å². The summed E-state index contributed by atoms with van der Waals surface area (Å²) in [5.41, 5.74) is 2.36. The summed E-state index contributed by atoms with van der Waals surface area (Å²) in [5, 5.41) is 0. The maximum absolute atomic E-state index is 5.90. The van der Waals surface area contributed by atoms with Gasteiger partial charge in [0.25, 0.3) is 0 Å². The summed E-state index contributed by atoms with van der Waals surface area (Å²) in [6.07, 6.45) is 0.774. The van der Waals surface area contributed by atoms with Crippen LogP contribution in [0.4, 0.5) is 0 Å². The first-order valence-electron chi connectivity index (χ1n) is 7.09. The van der Waals surface area contributed by atoms with E-state index in [0.717, 1.165) is 17.7 Å². The molecule has 2 nitrogen and oxygen atoms in total. The van der Waals surface area contributed by atoms with Crippen molar-refractivity contribution in [2.75, 3.05) is 7.11 Å². The molecule has 2 rings (SSSR count). The van der Waals surface area contributed by atoms with Crippen LogP contribution in [0.25, 0.3) is 0 Å². The Bertz CT molecular complexity index is 505. The molecule has 2 atom stereocenters. The van der Waals surface area contributed by atoms with Crippen LogP contribution in [0.2, 0.25) is 0 Å². The van der Waals surface area contributed by atoms with Crippen LogP contribution in [0.15, 0.2) is 54.6 Å². The predicted molar refractivity (Wildman–Crippen MR) is 82.0 cm³/mol. The van der Waals surface area contributed by atoms with E-state index < -0.39 is 0 Å². The smallest absolute Gasteiger partial charge is 0.226 e. The van der Waals surface area contributed by atoms with Gasteiger partial charge in [-0.3, -0.25) is 0 Å². The summed E-state index contributed by atoms with van der Waals surface area (Å²) in [6.45, 7) is 4.43. The Labute approximate surface area is 121 Å². The van der Waals surface area contributed by atoms with Gasteiger partial charge in [0.1, 0.15) is 5.75 Å². The average molecular weight is 270 g/mol. The molecule has 0 aliphatic carbocycles. The fraction of sp³-hybridized carbons (Fsp3) is 0.333. The van der Waals surface area contributed by atoms with Gasteiger partial charge in [0.05, 0.1) is 0 Å². The van der Waals surface area contributed by atoms with Gasteiger partial charge in [0, 0.05) is 12.7 Å². The Morgan fingerprint density at radius 3 is 2.10 bits per heavy atom. The van der Waals surface area contributed by atoms with E-state index in [9.17, 15) is 0 Å². The third kappa shape index (κ3) is 3.61. The van der Waals surface area contributed by atoms with Gasteiger partial charge in [-0.2, -0.15) is 0 Å². The van der Waals surface area contributed by atoms with E-state index in [1.807, 2.05) is 42.5 Å². The summed E-state index contributed by atoms with van der Waals surface area (Å²) in [6, 6.07) is 18.2. The first-order chi connectivity index (χ1) is 9.74. The molecule has 0 amide bonds. The van der Waals surface area contributed by atoms with Crippen LogP contribution in [0.3, 0.4) is 0 Å². The molecule has 0 N–H and O–H groups in total. The van der Waals surface area contributed by atoms with E-state index in [1.165, 1.54) is 5.56 Å². The van der Waals surface area contributed by atoms with E-state index in [4.69, 9.17) is 9.47 Å². The van der Waals surface area contributed by atoms with Crippen LogP contribution >= 0.6 is 0 Å². The molecular weight excluding hydrogens is 248 g/mol. The van der Waals surface area contributed by atoms with E-state index in [0.29, 0.717) is 5.92 Å². The van der Waals surface area contributed by atoms with Crippen molar-refractivity contribution >= 4 is 0 Å². The zero-order chi connectivity index (χ0) is 14.4. The van der Waals surface area contributed by atoms with Gasteiger partial charge in [-0.15, -0.1) is 0 Å². The second-order valence-corrected chi connectivity index (χ2v) is 4.97. The number of ether oxygens (including phenoxy) is 2. The number of hydrogen-bond acceptors (Lipinski definition) is 2. The fourth-order valence-corrected chi connectivity index (χ4v) is 2.10. The minimum absolute atomic E-state index is 0.370. The average Bonchev–Trinajstić information content (AvgIpc) is 2.53. The van der Waals surface area contributed by atoms with Crippen molar-refractivity contribution in [2.45, 2.75) is 32.5 Å². The zero-order valence-electron chi connectivity index (χ0n) is 12.4. The maximum Gasteiger partial charge on any atom is 0.226 e. The zero-order valence-corrected chi connectivity index (χ0v) is 12.4. The molecule has 0 aromatic heterocycles. The quantitative estimate of drug-likeness (QED) is 0.693. The lowest BCUT2D eigenvalue weighted by atomic mass is 9.99. The number of methoxy groups -OCH3 is 1. The SMILES string of the molecule is CCC(C)c1ccc(OC(OC)c2ccccc2)cc1. The Hall–Kier alpha value is -1.80. The molecule has 0 spiro atoms. The van der Waals surface area contributed by atoms with E-state index in [1.54, 1.807) is 7.11 Å². The molecule has 0 bridgehead atoms. The lowest BCUT2D eigenvalue weighted by Crippen LogP contribution is -2.09. The van der Waals surface area contributed by atoms with Crippen molar-refractivity contribution in [3.63, 3.8) is 0 Å². The third-order valence-electron chi connectivity index (χ3n) is 3.59. The highest BCUT2D eigenvalue weighted by Gasteiger charge is 2.12. The van der Waals surface area contributed by atoms with Gasteiger partial charge in [-0.25, -0.2) is 0 Å². The second-order valence-electron chi connectivity index (χ2n) is 4.97. The molecule has 2 aromatic rings. The van der Waals surface area contributed by atoms with Gasteiger partial charge in [0.15, 0.2) is 0 Å².